The fraction of sp³-hybridized carbons (Fsp3) is 0.250. The number of benzene rings is 2. The zero-order chi connectivity index (χ0) is 15.1. The van der Waals surface area contributed by atoms with E-state index in [1.54, 1.807) is 0 Å². The Labute approximate surface area is 134 Å². The van der Waals surface area contributed by atoms with Gasteiger partial charge in [0.2, 0.25) is 10.0 Å². The van der Waals surface area contributed by atoms with E-state index in [4.69, 9.17) is 0 Å². The Morgan fingerprint density at radius 1 is 0.905 bits per heavy atom. The highest BCUT2D eigenvalue weighted by atomic mass is 79.9. The van der Waals surface area contributed by atoms with Crippen molar-refractivity contribution in [3.05, 3.63) is 71.8 Å². The molecule has 21 heavy (non-hydrogen) atoms. The Bertz CT molecular complexity index is 644. The second-order valence-corrected chi connectivity index (χ2v) is 7.30. The van der Waals surface area contributed by atoms with Crippen molar-refractivity contribution in [3.8, 4) is 0 Å². The molecule has 0 spiro atoms. The van der Waals surface area contributed by atoms with Crippen molar-refractivity contribution in [3.63, 3.8) is 0 Å². The van der Waals surface area contributed by atoms with Crippen LogP contribution < -0.4 is 4.72 Å². The summed E-state index contributed by atoms with van der Waals surface area (Å²) in [5, 5.41) is 0.579. The van der Waals surface area contributed by atoms with Crippen LogP contribution in [0.25, 0.3) is 0 Å². The van der Waals surface area contributed by atoms with E-state index in [9.17, 15) is 8.42 Å². The Balaban J connectivity index is 2.00. The fourth-order valence-electron chi connectivity index (χ4n) is 2.12. The SMILES string of the molecule is O=S(=O)(Cc1ccccc1)NC(CBr)Cc1ccccc1. The maximum Gasteiger partial charge on any atom is 0.216 e. The number of sulfonamides is 1. The van der Waals surface area contributed by atoms with Gasteiger partial charge in [0, 0.05) is 11.4 Å². The van der Waals surface area contributed by atoms with E-state index in [2.05, 4.69) is 20.7 Å². The van der Waals surface area contributed by atoms with Gasteiger partial charge in [-0.15, -0.1) is 0 Å². The highest BCUT2D eigenvalue weighted by Gasteiger charge is 2.18. The maximum atomic E-state index is 12.2. The van der Waals surface area contributed by atoms with Crippen molar-refractivity contribution < 1.29 is 8.42 Å². The summed E-state index contributed by atoms with van der Waals surface area (Å²) in [6, 6.07) is 18.9. The monoisotopic (exact) mass is 367 g/mol. The van der Waals surface area contributed by atoms with Crippen molar-refractivity contribution >= 4 is 26.0 Å². The van der Waals surface area contributed by atoms with Crippen LogP contribution in [0.2, 0.25) is 0 Å². The van der Waals surface area contributed by atoms with Crippen molar-refractivity contribution in [2.75, 3.05) is 5.33 Å². The number of hydrogen-bond acceptors (Lipinski definition) is 2. The molecular weight excluding hydrogens is 350 g/mol. The lowest BCUT2D eigenvalue weighted by Crippen LogP contribution is -2.38. The minimum absolute atomic E-state index is 0.00608. The summed E-state index contributed by atoms with van der Waals surface area (Å²) in [4.78, 5) is 0. The maximum absolute atomic E-state index is 12.2. The van der Waals surface area contributed by atoms with Crippen LogP contribution in [0, 0.1) is 0 Å². The third-order valence-electron chi connectivity index (χ3n) is 3.06. The molecule has 0 aliphatic heterocycles. The Morgan fingerprint density at radius 2 is 1.43 bits per heavy atom. The number of alkyl halides is 1. The van der Waals surface area contributed by atoms with Gasteiger partial charge in [-0.3, -0.25) is 0 Å². The van der Waals surface area contributed by atoms with Crippen LogP contribution in [0.3, 0.4) is 0 Å². The van der Waals surface area contributed by atoms with Gasteiger partial charge in [0.1, 0.15) is 0 Å². The summed E-state index contributed by atoms with van der Waals surface area (Å²) >= 11 is 3.38. The summed E-state index contributed by atoms with van der Waals surface area (Å²) in [6.07, 6.45) is 0.667. The lowest BCUT2D eigenvalue weighted by Gasteiger charge is -2.16. The summed E-state index contributed by atoms with van der Waals surface area (Å²) < 4.78 is 27.2. The van der Waals surface area contributed by atoms with E-state index in [0.29, 0.717) is 11.8 Å². The first-order valence-corrected chi connectivity index (χ1v) is 9.50. The van der Waals surface area contributed by atoms with Crippen molar-refractivity contribution in [1.82, 2.24) is 4.72 Å². The first-order chi connectivity index (χ1) is 10.1. The summed E-state index contributed by atoms with van der Waals surface area (Å²) in [5.41, 5.74) is 1.90. The highest BCUT2D eigenvalue weighted by molar-refractivity contribution is 9.09. The quantitative estimate of drug-likeness (QED) is 0.764. The zero-order valence-electron chi connectivity index (χ0n) is 11.6. The second-order valence-electron chi connectivity index (χ2n) is 4.90. The van der Waals surface area contributed by atoms with Gasteiger partial charge < -0.3 is 0 Å². The topological polar surface area (TPSA) is 46.2 Å². The molecule has 0 fully saturated rings. The smallest absolute Gasteiger partial charge is 0.212 e. The molecule has 1 unspecified atom stereocenters. The fourth-order valence-corrected chi connectivity index (χ4v) is 4.11. The van der Waals surface area contributed by atoms with E-state index in [1.165, 1.54) is 0 Å². The predicted molar refractivity (Wildman–Crippen MR) is 89.9 cm³/mol. The highest BCUT2D eigenvalue weighted by Crippen LogP contribution is 2.09. The number of nitrogens with one attached hydrogen (secondary N) is 1. The van der Waals surface area contributed by atoms with Gasteiger partial charge in [0.25, 0.3) is 0 Å². The molecule has 0 aromatic heterocycles. The predicted octanol–water partition coefficient (Wildman–Crippen LogP) is 3.11. The lowest BCUT2D eigenvalue weighted by molar-refractivity contribution is 0.561. The standard InChI is InChI=1S/C16H18BrNO2S/c17-12-16(11-14-7-3-1-4-8-14)18-21(19,20)13-15-9-5-2-6-10-15/h1-10,16,18H,11-13H2. The average molecular weight is 368 g/mol. The Kier molecular flexibility index (Phi) is 5.96. The number of hydrogen-bond donors (Lipinski definition) is 1. The van der Waals surface area contributed by atoms with Gasteiger partial charge in [0.15, 0.2) is 0 Å². The first-order valence-electron chi connectivity index (χ1n) is 6.73. The minimum Gasteiger partial charge on any atom is -0.212 e. The Hall–Kier alpha value is -1.17. The molecule has 0 bridgehead atoms. The van der Waals surface area contributed by atoms with Gasteiger partial charge in [-0.05, 0) is 17.5 Å². The van der Waals surface area contributed by atoms with Gasteiger partial charge in [-0.1, -0.05) is 76.6 Å². The molecule has 0 aliphatic carbocycles. The van der Waals surface area contributed by atoms with Crippen molar-refractivity contribution in [2.24, 2.45) is 0 Å². The van der Waals surface area contributed by atoms with Crippen molar-refractivity contribution in [2.45, 2.75) is 18.2 Å². The van der Waals surface area contributed by atoms with Crippen LogP contribution >= 0.6 is 15.9 Å². The first kappa shape index (κ1) is 16.2. The molecule has 0 saturated carbocycles. The molecule has 2 aromatic carbocycles. The van der Waals surface area contributed by atoms with Crippen LogP contribution in [0.4, 0.5) is 0 Å². The van der Waals surface area contributed by atoms with Crippen LogP contribution in [0.15, 0.2) is 60.7 Å². The summed E-state index contributed by atoms with van der Waals surface area (Å²) in [6.45, 7) is 0. The van der Waals surface area contributed by atoms with E-state index < -0.39 is 10.0 Å². The van der Waals surface area contributed by atoms with Crippen LogP contribution in [0.1, 0.15) is 11.1 Å². The summed E-state index contributed by atoms with van der Waals surface area (Å²) in [5.74, 6) is 0.00608. The molecule has 0 aliphatic rings. The normalized spacial score (nSPS) is 13.0. The summed E-state index contributed by atoms with van der Waals surface area (Å²) in [7, 11) is -3.35. The minimum atomic E-state index is -3.35. The van der Waals surface area contributed by atoms with Crippen LogP contribution in [0.5, 0.6) is 0 Å². The lowest BCUT2D eigenvalue weighted by atomic mass is 10.1. The molecule has 2 rings (SSSR count). The molecule has 1 atom stereocenters. The molecular formula is C16H18BrNO2S. The molecule has 0 radical (unpaired) electrons. The molecule has 112 valence electrons. The van der Waals surface area contributed by atoms with E-state index in [-0.39, 0.29) is 11.8 Å². The average Bonchev–Trinajstić information content (AvgIpc) is 2.48. The molecule has 3 nitrogen and oxygen atoms in total. The molecule has 0 amide bonds. The van der Waals surface area contributed by atoms with E-state index in [0.717, 1.165) is 11.1 Å². The van der Waals surface area contributed by atoms with Gasteiger partial charge in [-0.25, -0.2) is 13.1 Å². The third-order valence-corrected chi connectivity index (χ3v) is 5.24. The van der Waals surface area contributed by atoms with E-state index >= 15 is 0 Å². The van der Waals surface area contributed by atoms with E-state index in [1.807, 2.05) is 60.7 Å². The molecule has 5 heteroatoms. The van der Waals surface area contributed by atoms with Gasteiger partial charge in [-0.2, -0.15) is 0 Å². The van der Waals surface area contributed by atoms with Crippen molar-refractivity contribution in [1.29, 1.82) is 0 Å². The largest absolute Gasteiger partial charge is 0.216 e. The molecule has 1 N–H and O–H groups in total. The Morgan fingerprint density at radius 3 is 1.95 bits per heavy atom. The van der Waals surface area contributed by atoms with Gasteiger partial charge >= 0.3 is 0 Å². The molecule has 0 heterocycles. The van der Waals surface area contributed by atoms with Crippen LogP contribution in [-0.4, -0.2) is 19.8 Å². The van der Waals surface area contributed by atoms with Crippen LogP contribution in [-0.2, 0) is 22.2 Å². The third kappa shape index (κ3) is 5.61. The molecule has 0 saturated heterocycles. The number of rotatable bonds is 7. The second kappa shape index (κ2) is 7.73. The number of halogens is 1. The molecule has 2 aromatic rings. The van der Waals surface area contributed by atoms with Gasteiger partial charge in [0.05, 0.1) is 5.75 Å². The zero-order valence-corrected chi connectivity index (χ0v) is 14.0.